The van der Waals surface area contributed by atoms with Crippen LogP contribution in [0, 0.1) is 13.8 Å². The number of carbonyl (C=O) groups excluding carboxylic acids is 1. The monoisotopic (exact) mass is 445 g/mol. The number of nitrogens with zero attached hydrogens (tertiary/aromatic N) is 4. The van der Waals surface area contributed by atoms with Crippen molar-refractivity contribution in [1.29, 1.82) is 0 Å². The van der Waals surface area contributed by atoms with Crippen LogP contribution in [0.2, 0.25) is 0 Å². The maximum atomic E-state index is 12.6. The predicted molar refractivity (Wildman–Crippen MR) is 124 cm³/mol. The number of rotatable bonds is 7. The van der Waals surface area contributed by atoms with E-state index in [4.69, 9.17) is 13.9 Å². The summed E-state index contributed by atoms with van der Waals surface area (Å²) < 4.78 is 17.7. The zero-order chi connectivity index (χ0) is 23.4. The van der Waals surface area contributed by atoms with E-state index >= 15 is 0 Å². The molecule has 4 rings (SSSR count). The van der Waals surface area contributed by atoms with Crippen molar-refractivity contribution in [3.63, 3.8) is 0 Å². The molecule has 0 saturated heterocycles. The summed E-state index contributed by atoms with van der Waals surface area (Å²) in [7, 11) is 3.13. The van der Waals surface area contributed by atoms with E-state index in [1.807, 2.05) is 26.0 Å². The Kier molecular flexibility index (Phi) is 6.21. The van der Waals surface area contributed by atoms with Crippen molar-refractivity contribution >= 4 is 17.8 Å². The number of anilines is 1. The molecule has 9 nitrogen and oxygen atoms in total. The number of ether oxygens (including phenoxy) is 2. The maximum absolute atomic E-state index is 12.6. The fraction of sp³-hybridized carbons (Fsp3) is 0.167. The fourth-order valence-corrected chi connectivity index (χ4v) is 3.28. The smallest absolute Gasteiger partial charge is 0.249 e. The molecule has 0 radical (unpaired) electrons. The number of nitrogens with one attached hydrogen (secondary N) is 1. The van der Waals surface area contributed by atoms with Crippen molar-refractivity contribution in [1.82, 2.24) is 19.7 Å². The number of hydrogen-bond acceptors (Lipinski definition) is 7. The SMILES string of the molecule is COc1ccc(/C=C/C(=O)Nc2cc(-n3nc(C)cc3C)nc(-c3ccco3)n2)cc1OC. The number of benzene rings is 1. The van der Waals surface area contributed by atoms with Crippen molar-refractivity contribution in [2.75, 3.05) is 19.5 Å². The topological polar surface area (TPSA) is 104 Å². The molecule has 0 fully saturated rings. The van der Waals surface area contributed by atoms with Crippen molar-refractivity contribution in [2.45, 2.75) is 13.8 Å². The van der Waals surface area contributed by atoms with Crippen LogP contribution in [0.15, 0.2) is 59.2 Å². The molecule has 0 unspecified atom stereocenters. The summed E-state index contributed by atoms with van der Waals surface area (Å²) in [6.45, 7) is 3.83. The van der Waals surface area contributed by atoms with E-state index in [0.29, 0.717) is 34.7 Å². The molecule has 1 amide bonds. The van der Waals surface area contributed by atoms with E-state index in [1.54, 1.807) is 61.6 Å². The Morgan fingerprint density at radius 1 is 1.06 bits per heavy atom. The van der Waals surface area contributed by atoms with E-state index in [1.165, 1.54) is 6.08 Å². The first-order valence-corrected chi connectivity index (χ1v) is 10.1. The minimum atomic E-state index is -0.354. The Morgan fingerprint density at radius 3 is 2.55 bits per heavy atom. The van der Waals surface area contributed by atoms with Crippen LogP contribution in [-0.4, -0.2) is 39.9 Å². The van der Waals surface area contributed by atoms with Gasteiger partial charge in [0.1, 0.15) is 5.82 Å². The molecule has 0 aliphatic carbocycles. The van der Waals surface area contributed by atoms with Gasteiger partial charge in [-0.05, 0) is 55.8 Å². The molecule has 0 bridgehead atoms. The summed E-state index contributed by atoms with van der Waals surface area (Å²) in [6, 6.07) is 12.5. The van der Waals surface area contributed by atoms with Crippen LogP contribution in [0.1, 0.15) is 17.0 Å². The van der Waals surface area contributed by atoms with Crippen LogP contribution in [0.3, 0.4) is 0 Å². The second-order valence-electron chi connectivity index (χ2n) is 7.19. The number of amides is 1. The van der Waals surface area contributed by atoms with Gasteiger partial charge in [0.05, 0.1) is 26.2 Å². The molecule has 0 saturated carbocycles. The van der Waals surface area contributed by atoms with Crippen LogP contribution in [0.5, 0.6) is 11.5 Å². The number of carbonyl (C=O) groups is 1. The summed E-state index contributed by atoms with van der Waals surface area (Å²) in [5.41, 5.74) is 2.54. The molecule has 0 aliphatic rings. The molecule has 1 N–H and O–H groups in total. The van der Waals surface area contributed by atoms with Crippen LogP contribution >= 0.6 is 0 Å². The summed E-state index contributed by atoms with van der Waals surface area (Å²) in [5.74, 6) is 2.49. The highest BCUT2D eigenvalue weighted by Gasteiger charge is 2.14. The van der Waals surface area contributed by atoms with E-state index in [0.717, 1.165) is 17.0 Å². The highest BCUT2D eigenvalue weighted by Crippen LogP contribution is 2.28. The quantitative estimate of drug-likeness (QED) is 0.425. The lowest BCUT2D eigenvalue weighted by Crippen LogP contribution is -2.12. The van der Waals surface area contributed by atoms with Gasteiger partial charge in [-0.2, -0.15) is 5.10 Å². The largest absolute Gasteiger partial charge is 0.493 e. The molecular formula is C24H23N5O4. The number of hydrogen-bond donors (Lipinski definition) is 1. The van der Waals surface area contributed by atoms with E-state index in [9.17, 15) is 4.79 Å². The zero-order valence-corrected chi connectivity index (χ0v) is 18.7. The Bertz CT molecular complexity index is 1310. The van der Waals surface area contributed by atoms with Gasteiger partial charge >= 0.3 is 0 Å². The number of aryl methyl sites for hydroxylation is 2. The van der Waals surface area contributed by atoms with Crippen molar-refractivity contribution in [3.05, 3.63) is 71.8 Å². The van der Waals surface area contributed by atoms with Gasteiger partial charge in [0, 0.05) is 17.8 Å². The highest BCUT2D eigenvalue weighted by atomic mass is 16.5. The molecule has 3 aromatic heterocycles. The molecule has 9 heteroatoms. The summed E-state index contributed by atoms with van der Waals surface area (Å²) >= 11 is 0. The predicted octanol–water partition coefficient (Wildman–Crippen LogP) is 4.21. The first-order valence-electron chi connectivity index (χ1n) is 10.1. The molecule has 33 heavy (non-hydrogen) atoms. The number of furan rings is 1. The molecule has 0 aliphatic heterocycles. The van der Waals surface area contributed by atoms with Gasteiger partial charge in [-0.3, -0.25) is 4.79 Å². The van der Waals surface area contributed by atoms with Crippen molar-refractivity contribution in [2.24, 2.45) is 0 Å². The first kappa shape index (κ1) is 21.8. The van der Waals surface area contributed by atoms with Gasteiger partial charge in [0.2, 0.25) is 5.91 Å². The number of aromatic nitrogens is 4. The molecule has 4 aromatic rings. The van der Waals surface area contributed by atoms with Gasteiger partial charge < -0.3 is 19.2 Å². The van der Waals surface area contributed by atoms with Gasteiger partial charge in [-0.1, -0.05) is 6.07 Å². The minimum Gasteiger partial charge on any atom is -0.493 e. The van der Waals surface area contributed by atoms with Crippen molar-refractivity contribution < 1.29 is 18.7 Å². The average molecular weight is 445 g/mol. The average Bonchev–Trinajstić information content (AvgIpc) is 3.46. The van der Waals surface area contributed by atoms with E-state index < -0.39 is 0 Å². The molecule has 0 spiro atoms. The Labute approximate surface area is 190 Å². The van der Waals surface area contributed by atoms with Crippen LogP contribution in [0.25, 0.3) is 23.5 Å². The molecule has 3 heterocycles. The normalized spacial score (nSPS) is 11.0. The third-order valence-corrected chi connectivity index (χ3v) is 4.77. The molecule has 168 valence electrons. The Morgan fingerprint density at radius 2 is 1.88 bits per heavy atom. The molecule has 0 atom stereocenters. The van der Waals surface area contributed by atoms with Crippen LogP contribution in [0.4, 0.5) is 5.82 Å². The van der Waals surface area contributed by atoms with Gasteiger partial charge in [0.15, 0.2) is 28.9 Å². The maximum Gasteiger partial charge on any atom is 0.249 e. The van der Waals surface area contributed by atoms with E-state index in [2.05, 4.69) is 20.4 Å². The summed E-state index contributed by atoms with van der Waals surface area (Å²) in [6.07, 6.45) is 4.63. The fourth-order valence-electron chi connectivity index (χ4n) is 3.28. The zero-order valence-electron chi connectivity index (χ0n) is 18.7. The van der Waals surface area contributed by atoms with Crippen molar-refractivity contribution in [3.8, 4) is 28.9 Å². The highest BCUT2D eigenvalue weighted by molar-refractivity contribution is 6.01. The Balaban J connectivity index is 1.61. The second-order valence-corrected chi connectivity index (χ2v) is 7.19. The number of methoxy groups -OCH3 is 2. The lowest BCUT2D eigenvalue weighted by Gasteiger charge is -2.09. The van der Waals surface area contributed by atoms with Gasteiger partial charge in [0.25, 0.3) is 0 Å². The van der Waals surface area contributed by atoms with Crippen LogP contribution < -0.4 is 14.8 Å². The minimum absolute atomic E-state index is 0.320. The standard InChI is InChI=1S/C24H23N5O4/c1-15-12-16(2)29(28-15)22-14-21(26-24(27-22)19-6-5-11-33-19)25-23(30)10-8-17-7-9-18(31-3)20(13-17)32-4/h5-14H,1-4H3,(H,25,26,27,30)/b10-8+. The molecular weight excluding hydrogens is 422 g/mol. The Hall–Kier alpha value is -4.40. The molecule has 1 aromatic carbocycles. The second kappa shape index (κ2) is 9.39. The van der Waals surface area contributed by atoms with E-state index in [-0.39, 0.29) is 5.91 Å². The van der Waals surface area contributed by atoms with Gasteiger partial charge in [-0.15, -0.1) is 0 Å². The lowest BCUT2D eigenvalue weighted by molar-refractivity contribution is -0.111. The summed E-state index contributed by atoms with van der Waals surface area (Å²) in [5, 5.41) is 7.26. The third kappa shape index (κ3) is 4.93. The third-order valence-electron chi connectivity index (χ3n) is 4.77. The summed E-state index contributed by atoms with van der Waals surface area (Å²) in [4.78, 5) is 21.6. The van der Waals surface area contributed by atoms with Crippen LogP contribution in [-0.2, 0) is 4.79 Å². The van der Waals surface area contributed by atoms with Gasteiger partial charge in [-0.25, -0.2) is 14.6 Å². The first-order chi connectivity index (χ1) is 16.0. The lowest BCUT2D eigenvalue weighted by atomic mass is 10.2.